The van der Waals surface area contributed by atoms with E-state index in [0.29, 0.717) is 11.9 Å². The number of carbonyl (C=O) groups is 1. The lowest BCUT2D eigenvalue weighted by Gasteiger charge is -2.32. The van der Waals surface area contributed by atoms with Gasteiger partial charge in [0.25, 0.3) is 0 Å². The van der Waals surface area contributed by atoms with Crippen molar-refractivity contribution in [2.75, 3.05) is 20.1 Å². The molecule has 0 aromatic carbocycles. The van der Waals surface area contributed by atoms with Crippen molar-refractivity contribution in [3.05, 3.63) is 0 Å². The summed E-state index contributed by atoms with van der Waals surface area (Å²) in [6, 6.07) is 0.619. The van der Waals surface area contributed by atoms with Gasteiger partial charge in [0.15, 0.2) is 0 Å². The fraction of sp³-hybridized carbons (Fsp3) is 0.929. The molecule has 3 nitrogen and oxygen atoms in total. The van der Waals surface area contributed by atoms with E-state index in [1.54, 1.807) is 0 Å². The summed E-state index contributed by atoms with van der Waals surface area (Å²) in [5.41, 5.74) is 0. The maximum absolute atomic E-state index is 12.1. The zero-order valence-electron chi connectivity index (χ0n) is 11.1. The second kappa shape index (κ2) is 6.39. The second-order valence-corrected chi connectivity index (χ2v) is 5.63. The van der Waals surface area contributed by atoms with Gasteiger partial charge in [-0.3, -0.25) is 4.79 Å². The lowest BCUT2D eigenvalue weighted by molar-refractivity contribution is -0.132. The molecule has 2 rings (SSSR count). The molecule has 1 heterocycles. The molecule has 0 unspecified atom stereocenters. The molecule has 2 aliphatic rings. The lowest BCUT2D eigenvalue weighted by atomic mass is 10.00. The van der Waals surface area contributed by atoms with Crippen LogP contribution >= 0.6 is 0 Å². The van der Waals surface area contributed by atoms with Crippen molar-refractivity contribution in [2.24, 2.45) is 5.92 Å². The van der Waals surface area contributed by atoms with E-state index in [2.05, 4.69) is 10.2 Å². The molecular formula is C14H26N2O. The Bertz CT molecular complexity index is 241. The van der Waals surface area contributed by atoms with E-state index in [1.807, 2.05) is 7.05 Å². The van der Waals surface area contributed by atoms with Gasteiger partial charge in [-0.15, -0.1) is 0 Å². The van der Waals surface area contributed by atoms with E-state index in [9.17, 15) is 4.79 Å². The third kappa shape index (κ3) is 3.70. The zero-order chi connectivity index (χ0) is 12.1. The molecule has 98 valence electrons. The molecule has 3 heteroatoms. The average molecular weight is 238 g/mol. The SMILES string of the molecule is CNC1CCN(C(=O)CCC2CCCC2)CC1. The van der Waals surface area contributed by atoms with E-state index in [4.69, 9.17) is 0 Å². The van der Waals surface area contributed by atoms with Crippen LogP contribution in [0.1, 0.15) is 51.4 Å². The summed E-state index contributed by atoms with van der Waals surface area (Å²) in [6.45, 7) is 1.91. The zero-order valence-corrected chi connectivity index (χ0v) is 11.1. The second-order valence-electron chi connectivity index (χ2n) is 5.63. The van der Waals surface area contributed by atoms with Crippen LogP contribution in [-0.2, 0) is 4.79 Å². The molecule has 2 fully saturated rings. The molecule has 1 saturated heterocycles. The van der Waals surface area contributed by atoms with Crippen molar-refractivity contribution in [1.29, 1.82) is 0 Å². The molecular weight excluding hydrogens is 212 g/mol. The van der Waals surface area contributed by atoms with Crippen LogP contribution in [0, 0.1) is 5.92 Å². The first-order valence-corrected chi connectivity index (χ1v) is 7.24. The minimum Gasteiger partial charge on any atom is -0.343 e. The van der Waals surface area contributed by atoms with E-state index >= 15 is 0 Å². The van der Waals surface area contributed by atoms with E-state index in [0.717, 1.165) is 44.7 Å². The van der Waals surface area contributed by atoms with Gasteiger partial charge in [-0.1, -0.05) is 25.7 Å². The summed E-state index contributed by atoms with van der Waals surface area (Å²) in [4.78, 5) is 14.1. The van der Waals surface area contributed by atoms with Crippen LogP contribution in [0.5, 0.6) is 0 Å². The Morgan fingerprint density at radius 2 is 1.82 bits per heavy atom. The van der Waals surface area contributed by atoms with Gasteiger partial charge in [0.1, 0.15) is 0 Å². The number of likely N-dealkylation sites (tertiary alicyclic amines) is 1. The summed E-state index contributed by atoms with van der Waals surface area (Å²) in [6.07, 6.45) is 9.63. The lowest BCUT2D eigenvalue weighted by Crippen LogP contribution is -2.43. The highest BCUT2D eigenvalue weighted by atomic mass is 16.2. The van der Waals surface area contributed by atoms with Crippen LogP contribution in [0.25, 0.3) is 0 Å². The summed E-state index contributed by atoms with van der Waals surface area (Å²) >= 11 is 0. The number of piperidine rings is 1. The van der Waals surface area contributed by atoms with Crippen LogP contribution in [0.4, 0.5) is 0 Å². The van der Waals surface area contributed by atoms with Gasteiger partial charge < -0.3 is 10.2 Å². The summed E-state index contributed by atoms with van der Waals surface area (Å²) in [7, 11) is 2.02. The molecule has 1 N–H and O–H groups in total. The van der Waals surface area contributed by atoms with Gasteiger partial charge in [0.2, 0.25) is 5.91 Å². The Hall–Kier alpha value is -0.570. The summed E-state index contributed by atoms with van der Waals surface area (Å²) in [5.74, 6) is 1.24. The van der Waals surface area contributed by atoms with Crippen molar-refractivity contribution in [1.82, 2.24) is 10.2 Å². The third-order valence-electron chi connectivity index (χ3n) is 4.50. The smallest absolute Gasteiger partial charge is 0.222 e. The Morgan fingerprint density at radius 1 is 1.18 bits per heavy atom. The van der Waals surface area contributed by atoms with Gasteiger partial charge in [-0.05, 0) is 32.2 Å². The highest BCUT2D eigenvalue weighted by Crippen LogP contribution is 2.28. The van der Waals surface area contributed by atoms with Gasteiger partial charge >= 0.3 is 0 Å². The van der Waals surface area contributed by atoms with Crippen molar-refractivity contribution in [3.8, 4) is 0 Å². The van der Waals surface area contributed by atoms with Crippen LogP contribution in [-0.4, -0.2) is 37.0 Å². The third-order valence-corrected chi connectivity index (χ3v) is 4.50. The molecule has 0 aromatic heterocycles. The highest BCUT2D eigenvalue weighted by molar-refractivity contribution is 5.76. The summed E-state index contributed by atoms with van der Waals surface area (Å²) in [5, 5.41) is 3.30. The number of rotatable bonds is 4. The minimum atomic E-state index is 0.395. The van der Waals surface area contributed by atoms with Crippen molar-refractivity contribution >= 4 is 5.91 Å². The minimum absolute atomic E-state index is 0.395. The van der Waals surface area contributed by atoms with Gasteiger partial charge in [-0.2, -0.15) is 0 Å². The Balaban J connectivity index is 1.66. The van der Waals surface area contributed by atoms with Crippen LogP contribution in [0.3, 0.4) is 0 Å². The molecule has 0 atom stereocenters. The first kappa shape index (κ1) is 12.9. The topological polar surface area (TPSA) is 32.3 Å². The number of nitrogens with one attached hydrogen (secondary N) is 1. The average Bonchev–Trinajstić information content (AvgIpc) is 2.89. The molecule has 0 aromatic rings. The van der Waals surface area contributed by atoms with Crippen molar-refractivity contribution in [3.63, 3.8) is 0 Å². The van der Waals surface area contributed by atoms with E-state index < -0.39 is 0 Å². The molecule has 0 radical (unpaired) electrons. The van der Waals surface area contributed by atoms with Crippen molar-refractivity contribution in [2.45, 2.75) is 57.4 Å². The molecule has 1 aliphatic carbocycles. The predicted octanol–water partition coefficient (Wildman–Crippen LogP) is 2.17. The van der Waals surface area contributed by atoms with E-state index in [-0.39, 0.29) is 0 Å². The molecule has 0 bridgehead atoms. The summed E-state index contributed by atoms with van der Waals surface area (Å²) < 4.78 is 0. The number of hydrogen-bond acceptors (Lipinski definition) is 2. The van der Waals surface area contributed by atoms with Gasteiger partial charge in [-0.25, -0.2) is 0 Å². The van der Waals surface area contributed by atoms with Crippen LogP contribution in [0.2, 0.25) is 0 Å². The van der Waals surface area contributed by atoms with Gasteiger partial charge in [0, 0.05) is 25.6 Å². The number of carbonyl (C=O) groups excluding carboxylic acids is 1. The quantitative estimate of drug-likeness (QED) is 0.814. The molecule has 0 spiro atoms. The Labute approximate surface area is 105 Å². The fourth-order valence-electron chi connectivity index (χ4n) is 3.20. The maximum Gasteiger partial charge on any atom is 0.222 e. The Morgan fingerprint density at radius 3 is 2.41 bits per heavy atom. The molecule has 17 heavy (non-hydrogen) atoms. The largest absolute Gasteiger partial charge is 0.343 e. The maximum atomic E-state index is 12.1. The van der Waals surface area contributed by atoms with Crippen molar-refractivity contribution < 1.29 is 4.79 Å². The van der Waals surface area contributed by atoms with Crippen LogP contribution < -0.4 is 5.32 Å². The normalized spacial score (nSPS) is 23.2. The molecule has 1 saturated carbocycles. The molecule has 1 amide bonds. The fourth-order valence-corrected chi connectivity index (χ4v) is 3.20. The van der Waals surface area contributed by atoms with Crippen LogP contribution in [0.15, 0.2) is 0 Å². The first-order valence-electron chi connectivity index (χ1n) is 7.24. The number of hydrogen-bond donors (Lipinski definition) is 1. The molecule has 1 aliphatic heterocycles. The predicted molar refractivity (Wildman–Crippen MR) is 69.9 cm³/mol. The number of nitrogens with zero attached hydrogens (tertiary/aromatic N) is 1. The first-order chi connectivity index (χ1) is 8.29. The number of amides is 1. The monoisotopic (exact) mass is 238 g/mol. The highest BCUT2D eigenvalue weighted by Gasteiger charge is 2.23. The standard InChI is InChI=1S/C14H26N2O/c1-15-13-8-10-16(11-9-13)14(17)7-6-12-4-2-3-5-12/h12-13,15H,2-11H2,1H3. The van der Waals surface area contributed by atoms with E-state index in [1.165, 1.54) is 25.7 Å². The van der Waals surface area contributed by atoms with Gasteiger partial charge in [0.05, 0.1) is 0 Å². The Kier molecular flexibility index (Phi) is 4.84.